The quantitative estimate of drug-likeness (QED) is 0.0841. The average Bonchev–Trinajstić information content (AvgIpc) is 3.80. The van der Waals surface area contributed by atoms with Gasteiger partial charge in [0.05, 0.1) is 22.4 Å². The zero-order chi connectivity index (χ0) is 40.9. The summed E-state index contributed by atoms with van der Waals surface area (Å²) in [5, 5.41) is 11.3. The molecule has 0 N–H and O–H groups in total. The predicted molar refractivity (Wildman–Crippen MR) is 229 cm³/mol. The standard InChI is InChI=1S/C47H65F3N4OS/c1-11-15-20-47(21-22-47)27-46(10,25-32(48)13-3)28-55-45-52-39-24-34(33-17-18-37(49)43-41(33)36(26-51)42(56-43)30(7)8)38(50)23-35(39)44(53-45)54(14-4)40(29(5)6)19-16-31(9)12-2/h17-18,23-24,29-32,40H,11-16,19-22,25,27-28H2,1-10H3. The third-order valence-corrected chi connectivity index (χ3v) is 13.9. The van der Waals surface area contributed by atoms with E-state index in [1.54, 1.807) is 12.1 Å². The molecule has 2 aromatic heterocycles. The second kappa shape index (κ2) is 18.5. The molecule has 0 amide bonds. The normalized spacial score (nSPS) is 16.6. The van der Waals surface area contributed by atoms with Crippen molar-refractivity contribution in [2.45, 2.75) is 158 Å². The van der Waals surface area contributed by atoms with Crippen LogP contribution in [0.5, 0.6) is 6.01 Å². The van der Waals surface area contributed by atoms with Crippen LogP contribution in [0.4, 0.5) is 19.0 Å². The van der Waals surface area contributed by atoms with Gasteiger partial charge in [-0.05, 0) is 105 Å². The van der Waals surface area contributed by atoms with Crippen LogP contribution in [0.2, 0.25) is 0 Å². The fourth-order valence-corrected chi connectivity index (χ4v) is 10.0. The molecule has 1 aliphatic carbocycles. The predicted octanol–water partition coefficient (Wildman–Crippen LogP) is 14.3. The Balaban J connectivity index is 1.68. The van der Waals surface area contributed by atoms with Gasteiger partial charge in [0.15, 0.2) is 0 Å². The minimum absolute atomic E-state index is 0.00266. The molecule has 0 spiro atoms. The van der Waals surface area contributed by atoms with Crippen molar-refractivity contribution in [3.63, 3.8) is 0 Å². The van der Waals surface area contributed by atoms with E-state index in [9.17, 15) is 5.26 Å². The molecule has 1 fully saturated rings. The van der Waals surface area contributed by atoms with Crippen molar-refractivity contribution < 1.29 is 17.9 Å². The van der Waals surface area contributed by atoms with Crippen LogP contribution in [-0.2, 0) is 0 Å². The van der Waals surface area contributed by atoms with Gasteiger partial charge in [-0.1, -0.05) is 87.6 Å². The minimum atomic E-state index is -0.934. The fourth-order valence-electron chi connectivity index (χ4n) is 8.83. The number of unbranched alkanes of at least 4 members (excludes halogenated alkanes) is 1. The summed E-state index contributed by atoms with van der Waals surface area (Å²) in [7, 11) is 0. The third kappa shape index (κ3) is 9.65. The number of thiophene rings is 1. The number of halogens is 3. The summed E-state index contributed by atoms with van der Waals surface area (Å²) in [5.74, 6) is 0.545. The largest absolute Gasteiger partial charge is 0.463 e. The summed E-state index contributed by atoms with van der Waals surface area (Å²) in [6, 6.07) is 8.75. The van der Waals surface area contributed by atoms with Crippen LogP contribution in [0.25, 0.3) is 32.1 Å². The van der Waals surface area contributed by atoms with E-state index in [0.717, 1.165) is 43.4 Å². The lowest BCUT2D eigenvalue weighted by molar-refractivity contribution is 0.0737. The SMILES string of the molecule is CCCCC1(CC(C)(COc2nc(N(CC)C(CCC(C)CC)C(C)C)c3cc(F)c(-c4ccc(F)c5sc(C(C)C)c(C#N)c45)cc3n2)CC(F)CC)CC1. The molecule has 4 aromatic rings. The highest BCUT2D eigenvalue weighted by molar-refractivity contribution is 7.19. The van der Waals surface area contributed by atoms with E-state index in [2.05, 4.69) is 59.4 Å². The number of rotatable bonds is 21. The molecule has 2 heterocycles. The van der Waals surface area contributed by atoms with Gasteiger partial charge >= 0.3 is 6.01 Å². The topological polar surface area (TPSA) is 62.0 Å². The number of benzene rings is 2. The molecule has 0 radical (unpaired) electrons. The molecule has 4 unspecified atom stereocenters. The number of aromatic nitrogens is 2. The number of ether oxygens (including phenoxy) is 1. The van der Waals surface area contributed by atoms with Gasteiger partial charge in [0.2, 0.25) is 0 Å². The Morgan fingerprint density at radius 3 is 2.30 bits per heavy atom. The van der Waals surface area contributed by atoms with Crippen molar-refractivity contribution >= 4 is 38.1 Å². The van der Waals surface area contributed by atoms with Crippen molar-refractivity contribution in [2.24, 2.45) is 22.7 Å². The fraction of sp³-hybridized carbons (Fsp3) is 0.638. The summed E-state index contributed by atoms with van der Waals surface area (Å²) in [6.45, 7) is 22.2. The molecule has 0 aliphatic heterocycles. The first-order valence-electron chi connectivity index (χ1n) is 21.3. The Morgan fingerprint density at radius 1 is 0.982 bits per heavy atom. The second-order valence-electron chi connectivity index (χ2n) is 17.9. The van der Waals surface area contributed by atoms with E-state index in [-0.39, 0.29) is 35.6 Å². The molecule has 0 bridgehead atoms. The number of hydrogen-bond acceptors (Lipinski definition) is 6. The van der Waals surface area contributed by atoms with E-state index >= 15 is 13.2 Å². The van der Waals surface area contributed by atoms with Gasteiger partial charge in [-0.2, -0.15) is 15.2 Å². The highest BCUT2D eigenvalue weighted by Gasteiger charge is 2.47. The maximum atomic E-state index is 16.7. The highest BCUT2D eigenvalue weighted by Crippen LogP contribution is 2.58. The molecule has 0 saturated heterocycles. The van der Waals surface area contributed by atoms with Crippen LogP contribution in [0, 0.1) is 45.6 Å². The van der Waals surface area contributed by atoms with Crippen LogP contribution in [-0.4, -0.2) is 35.3 Å². The van der Waals surface area contributed by atoms with Crippen LogP contribution in [0.1, 0.15) is 156 Å². The Kier molecular flexibility index (Phi) is 14.4. The first-order chi connectivity index (χ1) is 26.6. The molecule has 306 valence electrons. The van der Waals surface area contributed by atoms with Gasteiger partial charge < -0.3 is 9.64 Å². The summed E-state index contributed by atoms with van der Waals surface area (Å²) in [5.41, 5.74) is 1.38. The van der Waals surface area contributed by atoms with Gasteiger partial charge in [-0.25, -0.2) is 13.2 Å². The summed E-state index contributed by atoms with van der Waals surface area (Å²) >= 11 is 1.26. The van der Waals surface area contributed by atoms with E-state index in [1.807, 2.05) is 20.8 Å². The molecule has 4 atom stereocenters. The summed E-state index contributed by atoms with van der Waals surface area (Å²) in [6.07, 6.45) is 9.72. The van der Waals surface area contributed by atoms with Gasteiger partial charge in [-0.15, -0.1) is 11.3 Å². The van der Waals surface area contributed by atoms with Gasteiger partial charge in [0.1, 0.15) is 29.7 Å². The number of alkyl halides is 1. The number of fused-ring (bicyclic) bond motifs is 2. The van der Waals surface area contributed by atoms with E-state index in [1.165, 1.54) is 42.7 Å². The molecule has 1 aliphatic rings. The van der Waals surface area contributed by atoms with Crippen molar-refractivity contribution in [2.75, 3.05) is 18.1 Å². The van der Waals surface area contributed by atoms with Crippen molar-refractivity contribution in [3.8, 4) is 23.2 Å². The van der Waals surface area contributed by atoms with Crippen molar-refractivity contribution in [1.82, 2.24) is 9.97 Å². The van der Waals surface area contributed by atoms with Crippen LogP contribution >= 0.6 is 11.3 Å². The first-order valence-corrected chi connectivity index (χ1v) is 22.1. The highest BCUT2D eigenvalue weighted by atomic mass is 32.1. The first kappa shape index (κ1) is 43.7. The number of nitrogens with zero attached hydrogens (tertiary/aromatic N) is 4. The van der Waals surface area contributed by atoms with Crippen LogP contribution < -0.4 is 9.64 Å². The second-order valence-corrected chi connectivity index (χ2v) is 18.9. The molecule has 56 heavy (non-hydrogen) atoms. The zero-order valence-electron chi connectivity index (χ0n) is 35.6. The average molecular weight is 791 g/mol. The van der Waals surface area contributed by atoms with Gasteiger partial charge in [-0.3, -0.25) is 0 Å². The molecule has 5 nitrogen and oxygen atoms in total. The number of nitriles is 1. The molecule has 2 aromatic carbocycles. The monoisotopic (exact) mass is 790 g/mol. The van der Waals surface area contributed by atoms with E-state index in [0.29, 0.717) is 69.2 Å². The van der Waals surface area contributed by atoms with Crippen LogP contribution in [0.15, 0.2) is 24.3 Å². The molecular formula is C47H65F3N4OS. The maximum Gasteiger partial charge on any atom is 0.318 e. The van der Waals surface area contributed by atoms with Crippen molar-refractivity contribution in [3.05, 3.63) is 46.3 Å². The zero-order valence-corrected chi connectivity index (χ0v) is 36.4. The van der Waals surface area contributed by atoms with Gasteiger partial charge in [0.25, 0.3) is 0 Å². The van der Waals surface area contributed by atoms with Crippen LogP contribution in [0.3, 0.4) is 0 Å². The van der Waals surface area contributed by atoms with Gasteiger partial charge in [0, 0.05) is 39.2 Å². The lowest BCUT2D eigenvalue weighted by Gasteiger charge is -2.36. The maximum absolute atomic E-state index is 16.7. The Labute approximate surface area is 338 Å². The van der Waals surface area contributed by atoms with E-state index in [4.69, 9.17) is 14.7 Å². The Hall–Kier alpha value is -3.38. The molecule has 9 heteroatoms. The third-order valence-electron chi connectivity index (χ3n) is 12.4. The molecule has 1 saturated carbocycles. The Bertz CT molecular complexity index is 2000. The minimum Gasteiger partial charge on any atom is -0.463 e. The van der Waals surface area contributed by atoms with Crippen molar-refractivity contribution in [1.29, 1.82) is 5.26 Å². The lowest BCUT2D eigenvalue weighted by Crippen LogP contribution is -2.40. The molecule has 5 rings (SSSR count). The lowest BCUT2D eigenvalue weighted by atomic mass is 9.74. The molecular weight excluding hydrogens is 726 g/mol. The summed E-state index contributed by atoms with van der Waals surface area (Å²) in [4.78, 5) is 13.1. The number of hydrogen-bond donors (Lipinski definition) is 0. The van der Waals surface area contributed by atoms with E-state index < -0.39 is 23.2 Å². The number of anilines is 1. The summed E-state index contributed by atoms with van der Waals surface area (Å²) < 4.78 is 54.3. The Morgan fingerprint density at radius 2 is 1.71 bits per heavy atom. The smallest absolute Gasteiger partial charge is 0.318 e.